The number of hydrogen-bond donors (Lipinski definition) is 1. The molecule has 0 aromatic rings. The number of nitrogens with one attached hydrogen (secondary N) is 1. The minimum Gasteiger partial charge on any atom is -0.316 e. The lowest BCUT2D eigenvalue weighted by Gasteiger charge is -2.22. The predicted octanol–water partition coefficient (Wildman–Crippen LogP) is 5.30. The largest absolute Gasteiger partial charge is 0.316 e. The summed E-state index contributed by atoms with van der Waals surface area (Å²) >= 11 is 0. The Labute approximate surface area is 120 Å². The first-order valence-electron chi connectivity index (χ1n) is 9.16. The molecule has 0 aromatic carbocycles. The third kappa shape index (κ3) is 6.79. The van der Waals surface area contributed by atoms with Gasteiger partial charge in [0.1, 0.15) is 0 Å². The van der Waals surface area contributed by atoms with Gasteiger partial charge in [-0.3, -0.25) is 0 Å². The van der Waals surface area contributed by atoms with E-state index < -0.39 is 0 Å². The maximum absolute atomic E-state index is 3.69. The van der Waals surface area contributed by atoms with Crippen LogP contribution in [-0.2, 0) is 0 Å². The first-order valence-corrected chi connectivity index (χ1v) is 9.16. The van der Waals surface area contributed by atoms with Crippen molar-refractivity contribution in [2.45, 2.75) is 89.9 Å². The number of unbranched alkanes of at least 4 members (excludes halogenated alkanes) is 2. The number of rotatable bonds is 8. The van der Waals surface area contributed by atoms with Crippen molar-refractivity contribution in [1.82, 2.24) is 5.32 Å². The molecule has 0 unspecified atom stereocenters. The Kier molecular flexibility index (Phi) is 7.92. The van der Waals surface area contributed by atoms with Gasteiger partial charge in [-0.15, -0.1) is 0 Å². The van der Waals surface area contributed by atoms with Gasteiger partial charge in [0.05, 0.1) is 0 Å². The van der Waals surface area contributed by atoms with Crippen LogP contribution in [0.15, 0.2) is 0 Å². The molecular formula is C18H35N. The quantitative estimate of drug-likeness (QED) is 0.587. The molecule has 0 amide bonds. The van der Waals surface area contributed by atoms with Crippen LogP contribution in [0.2, 0.25) is 0 Å². The average Bonchev–Trinajstić information content (AvgIpc) is 2.48. The Bertz CT molecular complexity index is 180. The molecule has 2 aliphatic carbocycles. The fourth-order valence-electron chi connectivity index (χ4n) is 4.03. The summed E-state index contributed by atoms with van der Waals surface area (Å²) in [7, 11) is 0. The van der Waals surface area contributed by atoms with Gasteiger partial charge in [-0.2, -0.15) is 0 Å². The molecule has 2 fully saturated rings. The van der Waals surface area contributed by atoms with Gasteiger partial charge < -0.3 is 5.32 Å². The van der Waals surface area contributed by atoms with Crippen molar-refractivity contribution in [3.8, 4) is 0 Å². The van der Waals surface area contributed by atoms with E-state index in [1.54, 1.807) is 0 Å². The Hall–Kier alpha value is -0.0400. The van der Waals surface area contributed by atoms with Crippen molar-refractivity contribution < 1.29 is 0 Å². The molecule has 0 radical (unpaired) electrons. The Morgan fingerprint density at radius 3 is 1.95 bits per heavy atom. The van der Waals surface area contributed by atoms with Gasteiger partial charge in [0.25, 0.3) is 0 Å². The van der Waals surface area contributed by atoms with Gasteiger partial charge in [-0.05, 0) is 44.2 Å². The smallest absolute Gasteiger partial charge is 0.00205 e. The van der Waals surface area contributed by atoms with Crippen molar-refractivity contribution in [1.29, 1.82) is 0 Å². The van der Waals surface area contributed by atoms with E-state index >= 15 is 0 Å². The molecule has 1 heteroatoms. The highest BCUT2D eigenvalue weighted by molar-refractivity contribution is 4.68. The van der Waals surface area contributed by atoms with Gasteiger partial charge in [0.2, 0.25) is 0 Å². The summed E-state index contributed by atoms with van der Waals surface area (Å²) in [5, 5.41) is 3.69. The lowest BCUT2D eigenvalue weighted by atomic mass is 9.85. The third-order valence-corrected chi connectivity index (χ3v) is 5.35. The zero-order valence-corrected chi connectivity index (χ0v) is 13.0. The van der Waals surface area contributed by atoms with Crippen molar-refractivity contribution >= 4 is 0 Å². The zero-order valence-electron chi connectivity index (χ0n) is 13.0. The SMILES string of the molecule is C(CCNCC1CCCCC1)CCC1CCCCC1. The molecule has 2 saturated carbocycles. The Morgan fingerprint density at radius 2 is 1.26 bits per heavy atom. The summed E-state index contributed by atoms with van der Waals surface area (Å²) in [5.74, 6) is 2.08. The fourth-order valence-corrected chi connectivity index (χ4v) is 4.03. The topological polar surface area (TPSA) is 12.0 Å². The van der Waals surface area contributed by atoms with Crippen LogP contribution in [0.1, 0.15) is 89.9 Å². The summed E-state index contributed by atoms with van der Waals surface area (Å²) in [6, 6.07) is 0. The highest BCUT2D eigenvalue weighted by Gasteiger charge is 2.13. The highest BCUT2D eigenvalue weighted by Crippen LogP contribution is 2.27. The van der Waals surface area contributed by atoms with Crippen LogP contribution in [0.5, 0.6) is 0 Å². The van der Waals surface area contributed by atoms with Crippen molar-refractivity contribution in [2.75, 3.05) is 13.1 Å². The highest BCUT2D eigenvalue weighted by atomic mass is 14.9. The first-order chi connectivity index (χ1) is 9.45. The molecule has 1 nitrogen and oxygen atoms in total. The lowest BCUT2D eigenvalue weighted by molar-refractivity contribution is 0.325. The summed E-state index contributed by atoms with van der Waals surface area (Å²) in [5.41, 5.74) is 0. The summed E-state index contributed by atoms with van der Waals surface area (Å²) in [6.45, 7) is 2.56. The van der Waals surface area contributed by atoms with Crippen LogP contribution in [0, 0.1) is 11.8 Å². The average molecular weight is 265 g/mol. The molecule has 0 heterocycles. The molecule has 2 rings (SSSR count). The molecule has 0 aromatic heterocycles. The summed E-state index contributed by atoms with van der Waals surface area (Å²) < 4.78 is 0. The van der Waals surface area contributed by atoms with Crippen LogP contribution in [0.4, 0.5) is 0 Å². The first kappa shape index (κ1) is 15.4. The van der Waals surface area contributed by atoms with E-state index in [9.17, 15) is 0 Å². The molecule has 1 N–H and O–H groups in total. The Morgan fingerprint density at radius 1 is 0.632 bits per heavy atom. The lowest BCUT2D eigenvalue weighted by Crippen LogP contribution is -2.25. The molecule has 0 saturated heterocycles. The molecule has 0 atom stereocenters. The van der Waals surface area contributed by atoms with E-state index in [0.717, 1.165) is 11.8 Å². The van der Waals surface area contributed by atoms with Crippen LogP contribution in [-0.4, -0.2) is 13.1 Å². The van der Waals surface area contributed by atoms with E-state index in [4.69, 9.17) is 0 Å². The molecule has 0 bridgehead atoms. The summed E-state index contributed by atoms with van der Waals surface area (Å²) in [4.78, 5) is 0. The fraction of sp³-hybridized carbons (Fsp3) is 1.00. The van der Waals surface area contributed by atoms with Gasteiger partial charge in [-0.1, -0.05) is 70.6 Å². The van der Waals surface area contributed by atoms with Crippen LogP contribution in [0.3, 0.4) is 0 Å². The molecule has 112 valence electrons. The van der Waals surface area contributed by atoms with Crippen molar-refractivity contribution in [3.05, 3.63) is 0 Å². The minimum absolute atomic E-state index is 0.996. The Balaban J connectivity index is 1.35. The van der Waals surface area contributed by atoms with Gasteiger partial charge in [-0.25, -0.2) is 0 Å². The second-order valence-electron chi connectivity index (χ2n) is 7.06. The molecule has 0 spiro atoms. The second kappa shape index (κ2) is 9.80. The van der Waals surface area contributed by atoms with Crippen LogP contribution in [0.25, 0.3) is 0 Å². The zero-order chi connectivity index (χ0) is 13.2. The molecule has 19 heavy (non-hydrogen) atoms. The second-order valence-corrected chi connectivity index (χ2v) is 7.06. The monoisotopic (exact) mass is 265 g/mol. The maximum atomic E-state index is 3.69. The maximum Gasteiger partial charge on any atom is -0.00205 e. The van der Waals surface area contributed by atoms with E-state index in [1.165, 1.54) is 103 Å². The van der Waals surface area contributed by atoms with E-state index in [-0.39, 0.29) is 0 Å². The van der Waals surface area contributed by atoms with Gasteiger partial charge >= 0.3 is 0 Å². The predicted molar refractivity (Wildman–Crippen MR) is 84.5 cm³/mol. The van der Waals surface area contributed by atoms with E-state index in [0.29, 0.717) is 0 Å². The summed E-state index contributed by atoms with van der Waals surface area (Å²) in [6.07, 6.45) is 20.8. The molecular weight excluding hydrogens is 230 g/mol. The van der Waals surface area contributed by atoms with Gasteiger partial charge in [0, 0.05) is 0 Å². The number of hydrogen-bond acceptors (Lipinski definition) is 1. The standard InChI is InChI=1S/C18H35N/c1-4-10-17(11-5-1)12-8-3-9-15-19-16-18-13-6-2-7-14-18/h17-19H,1-16H2. The van der Waals surface area contributed by atoms with Crippen molar-refractivity contribution in [2.24, 2.45) is 11.8 Å². The van der Waals surface area contributed by atoms with Gasteiger partial charge in [0.15, 0.2) is 0 Å². The molecule has 0 aliphatic heterocycles. The van der Waals surface area contributed by atoms with E-state index in [2.05, 4.69) is 5.32 Å². The third-order valence-electron chi connectivity index (χ3n) is 5.35. The van der Waals surface area contributed by atoms with Crippen molar-refractivity contribution in [3.63, 3.8) is 0 Å². The van der Waals surface area contributed by atoms with E-state index in [1.807, 2.05) is 0 Å². The van der Waals surface area contributed by atoms with Crippen LogP contribution < -0.4 is 5.32 Å². The molecule has 2 aliphatic rings. The normalized spacial score (nSPS) is 22.7. The van der Waals surface area contributed by atoms with Crippen LogP contribution >= 0.6 is 0 Å². The minimum atomic E-state index is 0.996.